The van der Waals surface area contributed by atoms with E-state index >= 15 is 0 Å². The molecule has 1 saturated carbocycles. The molecular formula is C24H38ClN3S. The quantitative estimate of drug-likeness (QED) is 0.421. The molecule has 0 saturated heterocycles. The first-order valence-corrected chi connectivity index (χ1v) is 12.6. The van der Waals surface area contributed by atoms with Crippen LogP contribution in [0.4, 0.5) is 5.13 Å². The highest BCUT2D eigenvalue weighted by Crippen LogP contribution is 2.45. The molecule has 0 unspecified atom stereocenters. The van der Waals surface area contributed by atoms with Gasteiger partial charge in [-0.15, -0.1) is 11.3 Å². The van der Waals surface area contributed by atoms with Crippen molar-refractivity contribution in [3.8, 4) is 0 Å². The third-order valence-electron chi connectivity index (χ3n) is 5.92. The largest absolute Gasteiger partial charge is 0.361 e. The summed E-state index contributed by atoms with van der Waals surface area (Å²) in [4.78, 5) is 7.49. The molecule has 1 fully saturated rings. The van der Waals surface area contributed by atoms with Crippen molar-refractivity contribution < 1.29 is 0 Å². The van der Waals surface area contributed by atoms with Crippen LogP contribution in [0.15, 0.2) is 29.6 Å². The SMILES string of the molecule is CC.CCN(CC)CCCNc1nc(C2(c3ccc(Cl)cc3)CCCCC2)cs1. The van der Waals surface area contributed by atoms with Crippen molar-refractivity contribution in [3.05, 3.63) is 45.9 Å². The van der Waals surface area contributed by atoms with Crippen LogP contribution in [-0.2, 0) is 5.41 Å². The van der Waals surface area contributed by atoms with Crippen LogP contribution in [-0.4, -0.2) is 36.1 Å². The van der Waals surface area contributed by atoms with Crippen LogP contribution in [0.2, 0.25) is 5.02 Å². The lowest BCUT2D eigenvalue weighted by Crippen LogP contribution is -2.31. The molecule has 0 spiro atoms. The van der Waals surface area contributed by atoms with Crippen molar-refractivity contribution in [3.63, 3.8) is 0 Å². The molecule has 2 aromatic rings. The molecule has 1 aromatic heterocycles. The molecule has 162 valence electrons. The van der Waals surface area contributed by atoms with E-state index in [1.807, 2.05) is 26.0 Å². The Hall–Kier alpha value is -1.10. The van der Waals surface area contributed by atoms with Gasteiger partial charge in [0.25, 0.3) is 0 Å². The van der Waals surface area contributed by atoms with Gasteiger partial charge in [0, 0.05) is 22.4 Å². The maximum absolute atomic E-state index is 6.13. The summed E-state index contributed by atoms with van der Waals surface area (Å²) >= 11 is 7.88. The maximum Gasteiger partial charge on any atom is 0.182 e. The zero-order chi connectivity index (χ0) is 21.1. The lowest BCUT2D eigenvalue weighted by molar-refractivity contribution is 0.303. The number of hydrogen-bond donors (Lipinski definition) is 1. The second kappa shape index (κ2) is 12.6. The molecule has 0 atom stereocenters. The minimum atomic E-state index is 0.0560. The number of anilines is 1. The highest BCUT2D eigenvalue weighted by molar-refractivity contribution is 7.13. The van der Waals surface area contributed by atoms with Gasteiger partial charge in [0.2, 0.25) is 0 Å². The van der Waals surface area contributed by atoms with Gasteiger partial charge in [-0.2, -0.15) is 0 Å². The molecule has 3 rings (SSSR count). The Morgan fingerprint density at radius 1 is 1.07 bits per heavy atom. The van der Waals surface area contributed by atoms with E-state index < -0.39 is 0 Å². The smallest absolute Gasteiger partial charge is 0.182 e. The van der Waals surface area contributed by atoms with Gasteiger partial charge in [0.1, 0.15) is 0 Å². The fourth-order valence-electron chi connectivity index (χ4n) is 4.23. The predicted molar refractivity (Wildman–Crippen MR) is 130 cm³/mol. The minimum Gasteiger partial charge on any atom is -0.361 e. The van der Waals surface area contributed by atoms with Crippen molar-refractivity contribution in [1.82, 2.24) is 9.88 Å². The Bertz CT molecular complexity index is 688. The molecule has 0 amide bonds. The molecule has 3 nitrogen and oxygen atoms in total. The van der Waals surface area contributed by atoms with E-state index in [-0.39, 0.29) is 5.41 Å². The van der Waals surface area contributed by atoms with Gasteiger partial charge >= 0.3 is 0 Å². The first-order valence-electron chi connectivity index (χ1n) is 11.4. The average Bonchev–Trinajstić information content (AvgIpc) is 3.26. The minimum absolute atomic E-state index is 0.0560. The van der Waals surface area contributed by atoms with E-state index in [1.165, 1.54) is 43.4 Å². The summed E-state index contributed by atoms with van der Waals surface area (Å²) in [5, 5.41) is 7.68. The standard InChI is InChI=1S/C22H32ClN3S.C2H6/c1-3-26(4-2)16-8-15-24-21-25-20(17-27-21)22(13-6-5-7-14-22)18-9-11-19(23)12-10-18;1-2/h9-12,17H,3-8,13-16H2,1-2H3,(H,24,25);1-2H3. The van der Waals surface area contributed by atoms with Crippen LogP contribution in [0.1, 0.15) is 77.5 Å². The van der Waals surface area contributed by atoms with Crippen LogP contribution in [0.25, 0.3) is 0 Å². The molecule has 1 N–H and O–H groups in total. The summed E-state index contributed by atoms with van der Waals surface area (Å²) in [6, 6.07) is 8.44. The van der Waals surface area contributed by atoms with Crippen molar-refractivity contribution in [2.24, 2.45) is 0 Å². The van der Waals surface area contributed by atoms with E-state index in [4.69, 9.17) is 16.6 Å². The lowest BCUT2D eigenvalue weighted by atomic mass is 9.67. The topological polar surface area (TPSA) is 28.2 Å². The number of aromatic nitrogens is 1. The van der Waals surface area contributed by atoms with Crippen LogP contribution >= 0.6 is 22.9 Å². The Balaban J connectivity index is 0.00000145. The summed E-state index contributed by atoms with van der Waals surface area (Å²) in [6.07, 6.45) is 7.38. The van der Waals surface area contributed by atoms with Gasteiger partial charge in [0.05, 0.1) is 5.69 Å². The summed E-state index contributed by atoms with van der Waals surface area (Å²) in [7, 11) is 0. The number of rotatable bonds is 9. The number of thiazole rings is 1. The second-order valence-electron chi connectivity index (χ2n) is 7.49. The number of benzene rings is 1. The van der Waals surface area contributed by atoms with Gasteiger partial charge in [0.15, 0.2) is 5.13 Å². The average molecular weight is 436 g/mol. The second-order valence-corrected chi connectivity index (χ2v) is 8.79. The van der Waals surface area contributed by atoms with Crippen molar-refractivity contribution >= 4 is 28.1 Å². The molecule has 0 aliphatic heterocycles. The Kier molecular flexibility index (Phi) is 10.5. The monoisotopic (exact) mass is 435 g/mol. The molecular weight excluding hydrogens is 398 g/mol. The van der Waals surface area contributed by atoms with E-state index in [0.29, 0.717) is 0 Å². The van der Waals surface area contributed by atoms with Crippen molar-refractivity contribution in [2.45, 2.75) is 71.6 Å². The maximum atomic E-state index is 6.13. The van der Waals surface area contributed by atoms with Gasteiger partial charge in [-0.3, -0.25) is 0 Å². The highest BCUT2D eigenvalue weighted by atomic mass is 35.5. The van der Waals surface area contributed by atoms with Crippen LogP contribution in [0.3, 0.4) is 0 Å². The van der Waals surface area contributed by atoms with Crippen molar-refractivity contribution in [2.75, 3.05) is 31.5 Å². The zero-order valence-electron chi connectivity index (χ0n) is 18.6. The number of nitrogens with one attached hydrogen (secondary N) is 1. The fourth-order valence-corrected chi connectivity index (χ4v) is 5.19. The normalized spacial score (nSPS) is 15.7. The first-order chi connectivity index (χ1) is 14.2. The van der Waals surface area contributed by atoms with E-state index in [2.05, 4.69) is 41.6 Å². The number of halogens is 1. The summed E-state index contributed by atoms with van der Waals surface area (Å²) in [5.41, 5.74) is 2.66. The van der Waals surface area contributed by atoms with Crippen LogP contribution in [0, 0.1) is 0 Å². The Morgan fingerprint density at radius 2 is 1.72 bits per heavy atom. The highest BCUT2D eigenvalue weighted by Gasteiger charge is 2.37. The zero-order valence-corrected chi connectivity index (χ0v) is 20.2. The van der Waals surface area contributed by atoms with E-state index in [1.54, 1.807) is 11.3 Å². The molecule has 29 heavy (non-hydrogen) atoms. The van der Waals surface area contributed by atoms with Gasteiger partial charge in [-0.25, -0.2) is 4.98 Å². The van der Waals surface area contributed by atoms with Gasteiger partial charge < -0.3 is 10.2 Å². The lowest BCUT2D eigenvalue weighted by Gasteiger charge is -2.36. The van der Waals surface area contributed by atoms with Crippen molar-refractivity contribution in [1.29, 1.82) is 0 Å². The first kappa shape index (κ1) is 24.2. The molecule has 1 aliphatic rings. The Morgan fingerprint density at radius 3 is 2.34 bits per heavy atom. The van der Waals surface area contributed by atoms with Crippen LogP contribution in [0.5, 0.6) is 0 Å². The molecule has 1 aliphatic carbocycles. The van der Waals surface area contributed by atoms with E-state index in [9.17, 15) is 0 Å². The number of nitrogens with zero attached hydrogens (tertiary/aromatic N) is 2. The van der Waals surface area contributed by atoms with Gasteiger partial charge in [-0.1, -0.05) is 70.7 Å². The van der Waals surface area contributed by atoms with Gasteiger partial charge in [-0.05, 0) is 56.6 Å². The summed E-state index contributed by atoms with van der Waals surface area (Å²) in [6.45, 7) is 12.8. The molecule has 0 radical (unpaired) electrons. The summed E-state index contributed by atoms with van der Waals surface area (Å²) in [5.74, 6) is 0. The predicted octanol–water partition coefficient (Wildman–Crippen LogP) is 7.22. The molecule has 1 aromatic carbocycles. The fraction of sp³-hybridized carbons (Fsp3) is 0.625. The molecule has 5 heteroatoms. The molecule has 1 heterocycles. The Labute approximate surface area is 186 Å². The third-order valence-corrected chi connectivity index (χ3v) is 6.97. The third kappa shape index (κ3) is 6.44. The number of hydrogen-bond acceptors (Lipinski definition) is 4. The van der Waals surface area contributed by atoms with E-state index in [0.717, 1.165) is 42.8 Å². The van der Waals surface area contributed by atoms with Crippen LogP contribution < -0.4 is 5.32 Å². The summed E-state index contributed by atoms with van der Waals surface area (Å²) < 4.78 is 0. The molecule has 0 bridgehead atoms.